The van der Waals surface area contributed by atoms with Gasteiger partial charge in [0.1, 0.15) is 18.1 Å². The van der Waals surface area contributed by atoms with E-state index in [1.54, 1.807) is 0 Å². The number of benzene rings is 2. The molecule has 1 saturated carbocycles. The third-order valence-corrected chi connectivity index (χ3v) is 4.49. The molecule has 5 nitrogen and oxygen atoms in total. The van der Waals surface area contributed by atoms with Crippen molar-refractivity contribution in [3.63, 3.8) is 0 Å². The van der Waals surface area contributed by atoms with Crippen LogP contribution in [0.3, 0.4) is 0 Å². The zero-order valence-electron chi connectivity index (χ0n) is 15.4. The SMILES string of the molecule is C=C(COc1ccccc1)NC1(CCNC(=O)COc2ccccc2)CC1.[HH].[HH]. The molecule has 0 unspecified atom stereocenters. The molecule has 0 radical (unpaired) electrons. The van der Waals surface area contributed by atoms with E-state index in [0.717, 1.165) is 30.7 Å². The van der Waals surface area contributed by atoms with E-state index in [1.165, 1.54) is 0 Å². The largest absolute Gasteiger partial charge is 0.487 e. The second kappa shape index (κ2) is 9.12. The van der Waals surface area contributed by atoms with Gasteiger partial charge in [-0.05, 0) is 43.5 Å². The molecule has 1 fully saturated rings. The summed E-state index contributed by atoms with van der Waals surface area (Å²) in [5.74, 6) is 1.42. The molecule has 2 aromatic carbocycles. The number of hydrogen-bond donors (Lipinski definition) is 2. The van der Waals surface area contributed by atoms with E-state index in [1.807, 2.05) is 60.7 Å². The van der Waals surface area contributed by atoms with Gasteiger partial charge >= 0.3 is 0 Å². The van der Waals surface area contributed by atoms with Crippen LogP contribution in [0.15, 0.2) is 72.9 Å². The lowest BCUT2D eigenvalue weighted by Crippen LogP contribution is -2.37. The number of hydrogen-bond acceptors (Lipinski definition) is 4. The Balaban J connectivity index is 0.00000210. The average molecular weight is 370 g/mol. The monoisotopic (exact) mass is 370 g/mol. The van der Waals surface area contributed by atoms with Crippen molar-refractivity contribution in [2.45, 2.75) is 24.8 Å². The summed E-state index contributed by atoms with van der Waals surface area (Å²) in [6.07, 6.45) is 3.01. The Hall–Kier alpha value is -2.95. The van der Waals surface area contributed by atoms with E-state index in [2.05, 4.69) is 17.2 Å². The lowest BCUT2D eigenvalue weighted by atomic mass is 10.1. The normalized spacial score (nSPS) is 14.1. The van der Waals surface area contributed by atoms with E-state index in [-0.39, 0.29) is 20.9 Å². The van der Waals surface area contributed by atoms with Gasteiger partial charge in [0, 0.05) is 20.6 Å². The lowest BCUT2D eigenvalue weighted by Gasteiger charge is -2.21. The third kappa shape index (κ3) is 6.37. The first-order chi connectivity index (χ1) is 13.2. The number of nitrogens with one attached hydrogen (secondary N) is 2. The molecule has 27 heavy (non-hydrogen) atoms. The standard InChI is InChI=1S/C22H26N2O3.2H2/c1-18(16-26-19-8-4-2-5-9-19)24-22(12-13-22)14-15-23-21(25)17-27-20-10-6-3-7-11-20;;/h2-11,24H,1,12-17H2,(H,23,25);2*1H. The number of carbonyl (C=O) groups is 1. The van der Waals surface area contributed by atoms with Gasteiger partial charge in [-0.2, -0.15) is 0 Å². The first-order valence-electron chi connectivity index (χ1n) is 9.24. The number of carbonyl (C=O) groups excluding carboxylic acids is 1. The van der Waals surface area contributed by atoms with Gasteiger partial charge in [-0.1, -0.05) is 43.0 Å². The Kier molecular flexibility index (Phi) is 6.36. The van der Waals surface area contributed by atoms with Crippen LogP contribution in [0.4, 0.5) is 0 Å². The summed E-state index contributed by atoms with van der Waals surface area (Å²) in [5.41, 5.74) is 0.889. The van der Waals surface area contributed by atoms with Gasteiger partial charge in [-0.25, -0.2) is 0 Å². The van der Waals surface area contributed by atoms with E-state index < -0.39 is 0 Å². The summed E-state index contributed by atoms with van der Waals surface area (Å²) in [6, 6.07) is 19.0. The molecule has 2 N–H and O–H groups in total. The molecule has 146 valence electrons. The first kappa shape index (κ1) is 18.8. The number of ether oxygens (including phenoxy) is 2. The minimum atomic E-state index is -0.110. The molecular formula is C22H30N2O3. The summed E-state index contributed by atoms with van der Waals surface area (Å²) in [5, 5.41) is 6.38. The highest BCUT2D eigenvalue weighted by Crippen LogP contribution is 2.39. The number of rotatable bonds is 11. The summed E-state index contributed by atoms with van der Waals surface area (Å²) in [6.45, 7) is 5.13. The van der Waals surface area contributed by atoms with E-state index >= 15 is 0 Å². The summed E-state index contributed by atoms with van der Waals surface area (Å²) in [4.78, 5) is 11.9. The molecule has 0 heterocycles. The Morgan fingerprint density at radius 3 is 2.07 bits per heavy atom. The van der Waals surface area contributed by atoms with Crippen molar-refractivity contribution in [2.75, 3.05) is 19.8 Å². The van der Waals surface area contributed by atoms with Crippen LogP contribution in [0.25, 0.3) is 0 Å². The molecule has 0 bridgehead atoms. The smallest absolute Gasteiger partial charge is 0.257 e. The van der Waals surface area contributed by atoms with Gasteiger partial charge in [-0.3, -0.25) is 4.79 Å². The van der Waals surface area contributed by atoms with Crippen LogP contribution in [0.1, 0.15) is 22.1 Å². The van der Waals surface area contributed by atoms with Crippen molar-refractivity contribution >= 4 is 5.91 Å². The molecule has 1 aliphatic carbocycles. The Labute approximate surface area is 163 Å². The van der Waals surface area contributed by atoms with Crippen molar-refractivity contribution in [1.29, 1.82) is 0 Å². The molecule has 1 aliphatic rings. The molecule has 3 rings (SSSR count). The number of amides is 1. The highest BCUT2D eigenvalue weighted by molar-refractivity contribution is 5.77. The third-order valence-electron chi connectivity index (χ3n) is 4.49. The molecule has 0 saturated heterocycles. The highest BCUT2D eigenvalue weighted by atomic mass is 16.5. The fraction of sp³-hybridized carbons (Fsp3) is 0.318. The summed E-state index contributed by atoms with van der Waals surface area (Å²) in [7, 11) is 0. The lowest BCUT2D eigenvalue weighted by molar-refractivity contribution is -0.123. The van der Waals surface area contributed by atoms with E-state index in [9.17, 15) is 4.79 Å². The van der Waals surface area contributed by atoms with Gasteiger partial charge in [0.15, 0.2) is 6.61 Å². The van der Waals surface area contributed by atoms with Crippen LogP contribution in [0.2, 0.25) is 0 Å². The highest BCUT2D eigenvalue weighted by Gasteiger charge is 2.42. The van der Waals surface area contributed by atoms with Crippen molar-refractivity contribution in [3.8, 4) is 11.5 Å². The molecule has 0 aromatic heterocycles. The topological polar surface area (TPSA) is 59.6 Å². The second-order valence-corrected chi connectivity index (χ2v) is 6.81. The average Bonchev–Trinajstić information content (AvgIpc) is 3.45. The number of para-hydroxylation sites is 2. The Morgan fingerprint density at radius 1 is 0.963 bits per heavy atom. The minimum absolute atomic E-state index is 0. The van der Waals surface area contributed by atoms with Crippen LogP contribution in [-0.4, -0.2) is 31.2 Å². The first-order valence-corrected chi connectivity index (χ1v) is 9.24. The van der Waals surface area contributed by atoms with Gasteiger partial charge < -0.3 is 20.1 Å². The van der Waals surface area contributed by atoms with Gasteiger partial charge in [0.2, 0.25) is 0 Å². The van der Waals surface area contributed by atoms with Crippen molar-refractivity contribution < 1.29 is 17.1 Å². The van der Waals surface area contributed by atoms with Crippen LogP contribution < -0.4 is 20.1 Å². The summed E-state index contributed by atoms with van der Waals surface area (Å²) >= 11 is 0. The maximum Gasteiger partial charge on any atom is 0.257 e. The van der Waals surface area contributed by atoms with Crippen LogP contribution in [0.5, 0.6) is 11.5 Å². The molecule has 0 spiro atoms. The molecule has 5 heteroatoms. The van der Waals surface area contributed by atoms with Crippen LogP contribution >= 0.6 is 0 Å². The van der Waals surface area contributed by atoms with Gasteiger partial charge in [-0.15, -0.1) is 0 Å². The molecule has 2 aromatic rings. The molecule has 0 atom stereocenters. The van der Waals surface area contributed by atoms with E-state index in [0.29, 0.717) is 18.9 Å². The van der Waals surface area contributed by atoms with Crippen LogP contribution in [0, 0.1) is 0 Å². The predicted octanol–water partition coefficient (Wildman–Crippen LogP) is 3.78. The van der Waals surface area contributed by atoms with Crippen LogP contribution in [-0.2, 0) is 4.79 Å². The quantitative estimate of drug-likeness (QED) is 0.632. The van der Waals surface area contributed by atoms with Crippen molar-refractivity contribution in [1.82, 2.24) is 10.6 Å². The zero-order chi connectivity index (χ0) is 19.0. The Morgan fingerprint density at radius 2 is 1.52 bits per heavy atom. The van der Waals surface area contributed by atoms with Gasteiger partial charge in [0.05, 0.1) is 0 Å². The maximum atomic E-state index is 11.9. The summed E-state index contributed by atoms with van der Waals surface area (Å²) < 4.78 is 11.2. The zero-order valence-corrected chi connectivity index (χ0v) is 15.4. The molecule has 0 aliphatic heterocycles. The van der Waals surface area contributed by atoms with Crippen molar-refractivity contribution in [3.05, 3.63) is 72.9 Å². The Bertz CT molecular complexity index is 753. The maximum absolute atomic E-state index is 11.9. The molecule has 1 amide bonds. The fourth-order valence-electron chi connectivity index (χ4n) is 2.84. The van der Waals surface area contributed by atoms with E-state index in [4.69, 9.17) is 9.47 Å². The second-order valence-electron chi connectivity index (χ2n) is 6.81. The van der Waals surface area contributed by atoms with Gasteiger partial charge in [0.25, 0.3) is 5.91 Å². The molecular weight excluding hydrogens is 340 g/mol. The predicted molar refractivity (Wildman–Crippen MR) is 110 cm³/mol. The fourth-order valence-corrected chi connectivity index (χ4v) is 2.84. The minimum Gasteiger partial charge on any atom is -0.487 e. The van der Waals surface area contributed by atoms with Crippen molar-refractivity contribution in [2.24, 2.45) is 0 Å².